The van der Waals surface area contributed by atoms with Crippen LogP contribution in [-0.4, -0.2) is 46.0 Å². The van der Waals surface area contributed by atoms with Gasteiger partial charge >= 0.3 is 0 Å². The van der Waals surface area contributed by atoms with E-state index in [1.807, 2.05) is 31.2 Å². The van der Waals surface area contributed by atoms with Crippen LogP contribution in [0, 0.1) is 6.92 Å². The molecule has 0 radical (unpaired) electrons. The van der Waals surface area contributed by atoms with E-state index in [1.54, 1.807) is 18.0 Å². The number of methoxy groups -OCH3 is 1. The number of hydrogen-bond donors (Lipinski definition) is 1. The van der Waals surface area contributed by atoms with Crippen LogP contribution in [0.15, 0.2) is 30.5 Å². The number of carbonyl (C=O) groups is 1. The first kappa shape index (κ1) is 17.6. The molecular weight excluding hydrogens is 346 g/mol. The van der Waals surface area contributed by atoms with E-state index in [0.29, 0.717) is 24.7 Å². The van der Waals surface area contributed by atoms with Crippen molar-refractivity contribution in [2.24, 2.45) is 5.73 Å². The molecule has 1 aliphatic heterocycles. The van der Waals surface area contributed by atoms with E-state index in [-0.39, 0.29) is 6.42 Å². The van der Waals surface area contributed by atoms with E-state index >= 15 is 0 Å². The van der Waals surface area contributed by atoms with Gasteiger partial charge < -0.3 is 15.2 Å². The molecule has 8 nitrogen and oxygen atoms in total. The lowest BCUT2D eigenvalue weighted by molar-refractivity contribution is -0.117. The van der Waals surface area contributed by atoms with E-state index in [1.165, 1.54) is 0 Å². The maximum absolute atomic E-state index is 11.2. The van der Waals surface area contributed by atoms with Crippen molar-refractivity contribution in [3.05, 3.63) is 47.5 Å². The SMILES string of the molecule is COC1(c2cccc(-n3nc(C)c4cnc(CC(N)=O)cc43)n2)CCOC1. The number of fused-ring (bicyclic) bond motifs is 1. The Morgan fingerprint density at radius 3 is 3.00 bits per heavy atom. The fourth-order valence-corrected chi connectivity index (χ4v) is 3.46. The van der Waals surface area contributed by atoms with Crippen LogP contribution < -0.4 is 5.73 Å². The van der Waals surface area contributed by atoms with Gasteiger partial charge in [0.05, 0.1) is 35.6 Å². The van der Waals surface area contributed by atoms with Crippen molar-refractivity contribution >= 4 is 16.8 Å². The van der Waals surface area contributed by atoms with E-state index in [0.717, 1.165) is 28.7 Å². The second kappa shape index (κ2) is 6.71. The average Bonchev–Trinajstić information content (AvgIpc) is 3.27. The highest BCUT2D eigenvalue weighted by molar-refractivity contribution is 5.84. The van der Waals surface area contributed by atoms with Crippen molar-refractivity contribution in [1.82, 2.24) is 19.7 Å². The molecule has 1 unspecified atom stereocenters. The highest BCUT2D eigenvalue weighted by Crippen LogP contribution is 2.33. The molecule has 1 atom stereocenters. The third-order valence-corrected chi connectivity index (χ3v) is 4.96. The summed E-state index contributed by atoms with van der Waals surface area (Å²) in [5, 5.41) is 5.53. The molecule has 1 amide bonds. The molecule has 4 heterocycles. The Hall–Kier alpha value is -2.84. The quantitative estimate of drug-likeness (QED) is 0.731. The summed E-state index contributed by atoms with van der Waals surface area (Å²) in [6, 6.07) is 7.60. The number of amides is 1. The first-order valence-electron chi connectivity index (χ1n) is 8.76. The van der Waals surface area contributed by atoms with Gasteiger partial charge in [-0.25, -0.2) is 9.67 Å². The molecular formula is C19H21N5O3. The van der Waals surface area contributed by atoms with Crippen molar-refractivity contribution in [3.8, 4) is 5.82 Å². The molecule has 140 valence electrons. The van der Waals surface area contributed by atoms with Gasteiger partial charge in [0, 0.05) is 31.7 Å². The maximum Gasteiger partial charge on any atom is 0.223 e. The van der Waals surface area contributed by atoms with E-state index in [2.05, 4.69) is 10.1 Å². The first-order chi connectivity index (χ1) is 13.0. The number of pyridine rings is 2. The molecule has 3 aromatic rings. The summed E-state index contributed by atoms with van der Waals surface area (Å²) in [6.45, 7) is 3.04. The average molecular weight is 367 g/mol. The zero-order valence-corrected chi connectivity index (χ0v) is 15.3. The van der Waals surface area contributed by atoms with Gasteiger partial charge in [-0.05, 0) is 25.1 Å². The van der Waals surface area contributed by atoms with E-state index in [4.69, 9.17) is 20.2 Å². The minimum atomic E-state index is -0.535. The fraction of sp³-hybridized carbons (Fsp3) is 0.368. The number of aryl methyl sites for hydroxylation is 1. The Balaban J connectivity index is 1.82. The lowest BCUT2D eigenvalue weighted by atomic mass is 9.98. The van der Waals surface area contributed by atoms with Gasteiger partial charge in [0.2, 0.25) is 5.91 Å². The number of ether oxygens (including phenoxy) is 2. The van der Waals surface area contributed by atoms with Crippen LogP contribution in [0.4, 0.5) is 0 Å². The number of carbonyl (C=O) groups excluding carboxylic acids is 1. The molecule has 0 spiro atoms. The number of nitrogens with zero attached hydrogens (tertiary/aromatic N) is 4. The molecule has 0 saturated carbocycles. The highest BCUT2D eigenvalue weighted by Gasteiger charge is 2.38. The van der Waals surface area contributed by atoms with E-state index in [9.17, 15) is 4.79 Å². The molecule has 2 N–H and O–H groups in total. The Bertz CT molecular complexity index is 1010. The van der Waals surface area contributed by atoms with Gasteiger partial charge in [-0.2, -0.15) is 5.10 Å². The summed E-state index contributed by atoms with van der Waals surface area (Å²) in [5.74, 6) is 0.248. The largest absolute Gasteiger partial charge is 0.378 e. The zero-order chi connectivity index (χ0) is 19.0. The third-order valence-electron chi connectivity index (χ3n) is 4.96. The maximum atomic E-state index is 11.2. The lowest BCUT2D eigenvalue weighted by Crippen LogP contribution is -2.30. The van der Waals surface area contributed by atoms with Crippen molar-refractivity contribution in [2.45, 2.75) is 25.4 Å². The third kappa shape index (κ3) is 3.07. The summed E-state index contributed by atoms with van der Waals surface area (Å²) in [4.78, 5) is 20.4. The number of rotatable bonds is 5. The Kier molecular flexibility index (Phi) is 4.37. The zero-order valence-electron chi connectivity index (χ0n) is 15.3. The van der Waals surface area contributed by atoms with Gasteiger partial charge in [0.25, 0.3) is 0 Å². The van der Waals surface area contributed by atoms with Crippen molar-refractivity contribution in [3.63, 3.8) is 0 Å². The molecule has 0 bridgehead atoms. The summed E-state index contributed by atoms with van der Waals surface area (Å²) in [5.41, 5.74) is 7.85. The van der Waals surface area contributed by atoms with Crippen LogP contribution in [0.2, 0.25) is 0 Å². The molecule has 4 rings (SSSR count). The van der Waals surface area contributed by atoms with Crippen LogP contribution in [0.3, 0.4) is 0 Å². The van der Waals surface area contributed by atoms with Gasteiger partial charge in [0.15, 0.2) is 5.82 Å². The summed E-state index contributed by atoms with van der Waals surface area (Å²) >= 11 is 0. The normalized spacial score (nSPS) is 19.6. The molecule has 1 aliphatic rings. The van der Waals surface area contributed by atoms with Gasteiger partial charge in [-0.3, -0.25) is 9.78 Å². The van der Waals surface area contributed by atoms with Crippen molar-refractivity contribution < 1.29 is 14.3 Å². The van der Waals surface area contributed by atoms with Gasteiger partial charge in [-0.1, -0.05) is 6.07 Å². The second-order valence-corrected chi connectivity index (χ2v) is 6.72. The van der Waals surface area contributed by atoms with Crippen LogP contribution in [0.1, 0.15) is 23.5 Å². The summed E-state index contributed by atoms with van der Waals surface area (Å²) in [6.07, 6.45) is 2.56. The van der Waals surface area contributed by atoms with Gasteiger partial charge in [-0.15, -0.1) is 0 Å². The van der Waals surface area contributed by atoms with Crippen LogP contribution in [0.5, 0.6) is 0 Å². The van der Waals surface area contributed by atoms with E-state index < -0.39 is 11.5 Å². The lowest BCUT2D eigenvalue weighted by Gasteiger charge is -2.25. The predicted octanol–water partition coefficient (Wildman–Crippen LogP) is 1.41. The second-order valence-electron chi connectivity index (χ2n) is 6.72. The minimum Gasteiger partial charge on any atom is -0.378 e. The molecule has 8 heteroatoms. The molecule has 27 heavy (non-hydrogen) atoms. The molecule has 0 aromatic carbocycles. The number of primary amides is 1. The first-order valence-corrected chi connectivity index (χ1v) is 8.76. The van der Waals surface area contributed by atoms with Crippen molar-refractivity contribution in [2.75, 3.05) is 20.3 Å². The van der Waals surface area contributed by atoms with Crippen LogP contribution >= 0.6 is 0 Å². The Morgan fingerprint density at radius 2 is 2.30 bits per heavy atom. The molecule has 0 aliphatic carbocycles. The predicted molar refractivity (Wildman–Crippen MR) is 98.4 cm³/mol. The topological polar surface area (TPSA) is 105 Å². The molecule has 1 saturated heterocycles. The minimum absolute atomic E-state index is 0.0811. The number of hydrogen-bond acceptors (Lipinski definition) is 6. The standard InChI is InChI=1S/C19H21N5O3/c1-12-14-10-21-13(9-17(20)25)8-15(14)24(23-12)18-5-3-4-16(22-18)19(26-2)6-7-27-11-19/h3-5,8,10H,6-7,9,11H2,1-2H3,(H2,20,25). The Labute approximate surface area is 156 Å². The van der Waals surface area contributed by atoms with Crippen LogP contribution in [0.25, 0.3) is 16.7 Å². The molecule has 3 aromatic heterocycles. The van der Waals surface area contributed by atoms with Crippen LogP contribution in [-0.2, 0) is 26.3 Å². The van der Waals surface area contributed by atoms with Crippen molar-refractivity contribution in [1.29, 1.82) is 0 Å². The Morgan fingerprint density at radius 1 is 1.44 bits per heavy atom. The highest BCUT2D eigenvalue weighted by atomic mass is 16.5. The molecule has 1 fully saturated rings. The fourth-order valence-electron chi connectivity index (χ4n) is 3.46. The monoisotopic (exact) mass is 367 g/mol. The number of aromatic nitrogens is 4. The smallest absolute Gasteiger partial charge is 0.223 e. The summed E-state index contributed by atoms with van der Waals surface area (Å²) in [7, 11) is 1.68. The number of nitrogens with two attached hydrogens (primary N) is 1. The summed E-state index contributed by atoms with van der Waals surface area (Å²) < 4.78 is 13.1. The van der Waals surface area contributed by atoms with Gasteiger partial charge in [0.1, 0.15) is 5.60 Å².